The van der Waals surface area contributed by atoms with Gasteiger partial charge in [0, 0.05) is 5.56 Å². The van der Waals surface area contributed by atoms with Gasteiger partial charge in [-0.2, -0.15) is 0 Å². The summed E-state index contributed by atoms with van der Waals surface area (Å²) >= 11 is 1.48. The lowest BCUT2D eigenvalue weighted by Crippen LogP contribution is -2.02. The van der Waals surface area contributed by atoms with Gasteiger partial charge in [0.1, 0.15) is 10.8 Å². The SMILES string of the molecule is O=C(C(=Cc1ccc(F)cc1)c1nc2ccccc2s1)c1ccccc1. The fourth-order valence-electron chi connectivity index (χ4n) is 2.68. The number of carbonyl (C=O) groups excluding carboxylic acids is 1. The second-order valence-corrected chi connectivity index (χ2v) is 6.82. The highest BCUT2D eigenvalue weighted by atomic mass is 32.1. The number of fused-ring (bicyclic) bond motifs is 1. The summed E-state index contributed by atoms with van der Waals surface area (Å²) in [6.07, 6.45) is 1.77. The Balaban J connectivity index is 1.85. The summed E-state index contributed by atoms with van der Waals surface area (Å²) in [5.74, 6) is -0.410. The van der Waals surface area contributed by atoms with Crippen molar-refractivity contribution < 1.29 is 9.18 Å². The van der Waals surface area contributed by atoms with Crippen molar-refractivity contribution in [3.63, 3.8) is 0 Å². The molecule has 126 valence electrons. The van der Waals surface area contributed by atoms with E-state index in [1.165, 1.54) is 23.5 Å². The molecule has 0 unspecified atom stereocenters. The molecule has 0 N–H and O–H groups in total. The largest absolute Gasteiger partial charge is 0.288 e. The zero-order chi connectivity index (χ0) is 17.9. The first-order valence-electron chi connectivity index (χ1n) is 8.14. The summed E-state index contributed by atoms with van der Waals surface area (Å²) in [5.41, 5.74) is 2.72. The first-order valence-corrected chi connectivity index (χ1v) is 8.95. The number of benzene rings is 3. The summed E-state index contributed by atoms with van der Waals surface area (Å²) in [5, 5.41) is 0.657. The van der Waals surface area contributed by atoms with E-state index in [0.717, 1.165) is 15.8 Å². The summed E-state index contributed by atoms with van der Waals surface area (Å²) in [6, 6.07) is 23.0. The third-order valence-electron chi connectivity index (χ3n) is 3.99. The average molecular weight is 359 g/mol. The van der Waals surface area contributed by atoms with E-state index >= 15 is 0 Å². The Morgan fingerprint density at radius 3 is 2.31 bits per heavy atom. The lowest BCUT2D eigenvalue weighted by atomic mass is 10.0. The van der Waals surface area contributed by atoms with Crippen LogP contribution < -0.4 is 0 Å². The van der Waals surface area contributed by atoms with Crippen LogP contribution in [0.4, 0.5) is 4.39 Å². The zero-order valence-electron chi connectivity index (χ0n) is 13.7. The number of allylic oxidation sites excluding steroid dienone is 1. The first kappa shape index (κ1) is 16.4. The summed E-state index contributed by atoms with van der Waals surface area (Å²) in [4.78, 5) is 17.7. The highest BCUT2D eigenvalue weighted by Crippen LogP contribution is 2.30. The van der Waals surface area contributed by atoms with Gasteiger partial charge in [0.05, 0.1) is 15.8 Å². The molecular weight excluding hydrogens is 345 g/mol. The van der Waals surface area contributed by atoms with Crippen LogP contribution in [0, 0.1) is 5.82 Å². The Bertz CT molecular complexity index is 1060. The molecule has 0 aliphatic heterocycles. The molecule has 4 rings (SSSR count). The smallest absolute Gasteiger partial charge is 0.196 e. The van der Waals surface area contributed by atoms with E-state index in [1.807, 2.05) is 42.5 Å². The van der Waals surface area contributed by atoms with Gasteiger partial charge in [0.25, 0.3) is 0 Å². The van der Waals surface area contributed by atoms with Crippen molar-refractivity contribution in [3.05, 3.63) is 101 Å². The fraction of sp³-hybridized carbons (Fsp3) is 0. The molecule has 0 spiro atoms. The van der Waals surface area contributed by atoms with Gasteiger partial charge in [-0.05, 0) is 35.9 Å². The lowest BCUT2D eigenvalue weighted by Gasteiger charge is -2.05. The summed E-state index contributed by atoms with van der Waals surface area (Å²) < 4.78 is 14.2. The van der Waals surface area contributed by atoms with E-state index in [-0.39, 0.29) is 11.6 Å². The van der Waals surface area contributed by atoms with Crippen LogP contribution in [0.2, 0.25) is 0 Å². The predicted octanol–water partition coefficient (Wildman–Crippen LogP) is 5.86. The molecule has 0 bridgehead atoms. The summed E-state index contributed by atoms with van der Waals surface area (Å²) in [7, 11) is 0. The number of hydrogen-bond donors (Lipinski definition) is 0. The Labute approximate surface area is 154 Å². The Morgan fingerprint density at radius 1 is 0.885 bits per heavy atom. The van der Waals surface area contributed by atoms with Crippen molar-refractivity contribution in [3.8, 4) is 0 Å². The third-order valence-corrected chi connectivity index (χ3v) is 5.06. The van der Waals surface area contributed by atoms with Crippen LogP contribution in [0.1, 0.15) is 20.9 Å². The molecule has 2 nitrogen and oxygen atoms in total. The maximum absolute atomic E-state index is 13.2. The van der Waals surface area contributed by atoms with Gasteiger partial charge in [-0.1, -0.05) is 54.6 Å². The molecule has 26 heavy (non-hydrogen) atoms. The molecule has 0 aliphatic carbocycles. The van der Waals surface area contributed by atoms with E-state index in [2.05, 4.69) is 4.98 Å². The number of Topliss-reactive ketones (excluding diaryl/α,β-unsaturated/α-hetero) is 1. The van der Waals surface area contributed by atoms with Gasteiger partial charge < -0.3 is 0 Å². The number of ketones is 1. The zero-order valence-corrected chi connectivity index (χ0v) is 14.5. The van der Waals surface area contributed by atoms with E-state index in [1.54, 1.807) is 30.3 Å². The van der Waals surface area contributed by atoms with Crippen molar-refractivity contribution in [2.75, 3.05) is 0 Å². The Kier molecular flexibility index (Phi) is 4.42. The van der Waals surface area contributed by atoms with E-state index in [0.29, 0.717) is 16.1 Å². The van der Waals surface area contributed by atoms with Crippen molar-refractivity contribution in [1.29, 1.82) is 0 Å². The molecule has 3 aromatic carbocycles. The van der Waals surface area contributed by atoms with Gasteiger partial charge in [0.15, 0.2) is 5.78 Å². The standard InChI is InChI=1S/C22H14FNOS/c23-17-12-10-15(11-13-17)14-18(21(25)16-6-2-1-3-7-16)22-24-19-8-4-5-9-20(19)26-22/h1-14H. The maximum Gasteiger partial charge on any atom is 0.196 e. The minimum Gasteiger partial charge on any atom is -0.288 e. The van der Waals surface area contributed by atoms with Crippen LogP contribution in [-0.4, -0.2) is 10.8 Å². The normalized spacial score (nSPS) is 11.7. The van der Waals surface area contributed by atoms with Crippen LogP contribution in [0.25, 0.3) is 21.9 Å². The van der Waals surface area contributed by atoms with Crippen LogP contribution in [0.5, 0.6) is 0 Å². The van der Waals surface area contributed by atoms with E-state index in [9.17, 15) is 9.18 Å². The van der Waals surface area contributed by atoms with Crippen LogP contribution in [0.3, 0.4) is 0 Å². The number of aromatic nitrogens is 1. The van der Waals surface area contributed by atoms with Crippen molar-refractivity contribution in [2.45, 2.75) is 0 Å². The molecule has 4 aromatic rings. The molecule has 0 atom stereocenters. The number of para-hydroxylation sites is 1. The van der Waals surface area contributed by atoms with Gasteiger partial charge >= 0.3 is 0 Å². The number of halogens is 1. The number of hydrogen-bond acceptors (Lipinski definition) is 3. The third kappa shape index (κ3) is 3.32. The molecule has 0 radical (unpaired) electrons. The van der Waals surface area contributed by atoms with Crippen molar-refractivity contribution in [2.24, 2.45) is 0 Å². The second-order valence-electron chi connectivity index (χ2n) is 5.79. The second kappa shape index (κ2) is 7.02. The van der Waals surface area contributed by atoms with Crippen LogP contribution in [-0.2, 0) is 0 Å². The van der Waals surface area contributed by atoms with E-state index in [4.69, 9.17) is 0 Å². The summed E-state index contributed by atoms with van der Waals surface area (Å²) in [6.45, 7) is 0. The highest BCUT2D eigenvalue weighted by molar-refractivity contribution is 7.20. The number of thiazole rings is 1. The molecule has 0 saturated heterocycles. The van der Waals surface area contributed by atoms with Crippen molar-refractivity contribution >= 4 is 39.0 Å². The van der Waals surface area contributed by atoms with Gasteiger partial charge in [-0.3, -0.25) is 4.79 Å². The molecule has 0 amide bonds. The highest BCUT2D eigenvalue weighted by Gasteiger charge is 2.18. The monoisotopic (exact) mass is 359 g/mol. The topological polar surface area (TPSA) is 30.0 Å². The minimum absolute atomic E-state index is 0.103. The molecule has 1 heterocycles. The Hall–Kier alpha value is -3.11. The number of nitrogens with zero attached hydrogens (tertiary/aromatic N) is 1. The van der Waals surface area contributed by atoms with Gasteiger partial charge in [-0.15, -0.1) is 11.3 Å². The number of rotatable bonds is 4. The average Bonchev–Trinajstić information content (AvgIpc) is 3.11. The first-order chi connectivity index (χ1) is 12.7. The maximum atomic E-state index is 13.2. The molecule has 0 aliphatic rings. The van der Waals surface area contributed by atoms with Crippen LogP contribution >= 0.6 is 11.3 Å². The Morgan fingerprint density at radius 2 is 1.58 bits per heavy atom. The fourth-order valence-corrected chi connectivity index (χ4v) is 3.66. The molecule has 1 aromatic heterocycles. The molecule has 4 heteroatoms. The predicted molar refractivity (Wildman–Crippen MR) is 105 cm³/mol. The molecule has 0 fully saturated rings. The number of carbonyl (C=O) groups is 1. The van der Waals surface area contributed by atoms with Gasteiger partial charge in [0.2, 0.25) is 0 Å². The molecule has 0 saturated carbocycles. The molecular formula is C22H14FNOS. The van der Waals surface area contributed by atoms with Crippen molar-refractivity contribution in [1.82, 2.24) is 4.98 Å². The van der Waals surface area contributed by atoms with E-state index < -0.39 is 0 Å². The minimum atomic E-state index is -0.307. The van der Waals surface area contributed by atoms with Crippen LogP contribution in [0.15, 0.2) is 78.9 Å². The van der Waals surface area contributed by atoms with Gasteiger partial charge in [-0.25, -0.2) is 9.37 Å². The quantitative estimate of drug-likeness (QED) is 0.337. The lowest BCUT2D eigenvalue weighted by molar-refractivity contribution is 0.105.